The van der Waals surface area contributed by atoms with Gasteiger partial charge in [-0.3, -0.25) is 0 Å². The summed E-state index contributed by atoms with van der Waals surface area (Å²) in [6, 6.07) is 9.91. The molecule has 170 valence electrons. The summed E-state index contributed by atoms with van der Waals surface area (Å²) in [5.41, 5.74) is 1.03. The Balaban J connectivity index is 2.65. The Morgan fingerprint density at radius 3 is 1.77 bits per heavy atom. The summed E-state index contributed by atoms with van der Waals surface area (Å²) in [4.78, 5) is 12.8. The van der Waals surface area contributed by atoms with Gasteiger partial charge in [0.1, 0.15) is 0 Å². The zero-order chi connectivity index (χ0) is 22.1. The normalized spacial score (nSPS) is 21.1. The zero-order valence-corrected chi connectivity index (χ0v) is 20.2. The molecule has 0 spiro atoms. The van der Waals surface area contributed by atoms with Crippen LogP contribution in [0.25, 0.3) is 0 Å². The van der Waals surface area contributed by atoms with E-state index in [4.69, 9.17) is 18.1 Å². The minimum absolute atomic E-state index is 0.0369. The number of hydrogen-bond acceptors (Lipinski definition) is 5. The number of allylic oxidation sites excluding steroid dienone is 2. The summed E-state index contributed by atoms with van der Waals surface area (Å²) in [6.45, 7) is 11.2. The van der Waals surface area contributed by atoms with Crippen molar-refractivity contribution in [3.63, 3.8) is 0 Å². The molecule has 0 saturated heterocycles. The van der Waals surface area contributed by atoms with Crippen molar-refractivity contribution in [3.05, 3.63) is 47.2 Å². The van der Waals surface area contributed by atoms with Crippen LogP contribution >= 0.6 is 7.51 Å². The molecule has 1 atom stereocenters. The molecule has 6 heteroatoms. The summed E-state index contributed by atoms with van der Waals surface area (Å²) >= 11 is 0. The number of Topliss-reactive ketones (excluding diaryl/α,β-unsaturated/α-hetero) is 1. The SMILES string of the molecule is CCCCOP1(OCCCC)(OCCCC)OC(C)=C(C(C)=O)C1c1ccccc1. The molecule has 0 bridgehead atoms. The number of carbonyl (C=O) groups is 1. The fourth-order valence-electron chi connectivity index (χ4n) is 3.77. The molecule has 0 aliphatic carbocycles. The molecule has 1 aliphatic heterocycles. The van der Waals surface area contributed by atoms with Crippen LogP contribution in [-0.4, -0.2) is 25.6 Å². The van der Waals surface area contributed by atoms with Gasteiger partial charge in [-0.25, -0.2) is 0 Å². The molecule has 0 amide bonds. The summed E-state index contributed by atoms with van der Waals surface area (Å²) in [6.07, 6.45) is 5.55. The van der Waals surface area contributed by atoms with Gasteiger partial charge in [0, 0.05) is 0 Å². The number of benzene rings is 1. The Morgan fingerprint density at radius 1 is 0.900 bits per heavy atom. The van der Waals surface area contributed by atoms with Crippen LogP contribution in [0.5, 0.6) is 0 Å². The predicted molar refractivity (Wildman–Crippen MR) is 123 cm³/mol. The molecule has 5 nitrogen and oxygen atoms in total. The fraction of sp³-hybridized carbons (Fsp3) is 0.625. The third-order valence-corrected chi connectivity index (χ3v) is 9.28. The van der Waals surface area contributed by atoms with E-state index in [0.29, 0.717) is 31.2 Å². The van der Waals surface area contributed by atoms with Gasteiger partial charge in [0.05, 0.1) is 0 Å². The van der Waals surface area contributed by atoms with E-state index >= 15 is 0 Å². The van der Waals surface area contributed by atoms with Crippen molar-refractivity contribution >= 4 is 13.3 Å². The van der Waals surface area contributed by atoms with Crippen LogP contribution in [0.1, 0.15) is 84.4 Å². The Kier molecular flexibility index (Phi) is 9.49. The number of hydrogen-bond donors (Lipinski definition) is 0. The van der Waals surface area contributed by atoms with Crippen LogP contribution in [0, 0.1) is 0 Å². The zero-order valence-electron chi connectivity index (χ0n) is 19.3. The van der Waals surface area contributed by atoms with Gasteiger partial charge in [0.25, 0.3) is 0 Å². The second-order valence-corrected chi connectivity index (χ2v) is 11.1. The van der Waals surface area contributed by atoms with Crippen LogP contribution in [0.2, 0.25) is 0 Å². The van der Waals surface area contributed by atoms with Crippen LogP contribution in [0.15, 0.2) is 41.7 Å². The van der Waals surface area contributed by atoms with Crippen molar-refractivity contribution in [1.29, 1.82) is 0 Å². The van der Waals surface area contributed by atoms with Gasteiger partial charge < -0.3 is 0 Å². The third-order valence-electron chi connectivity index (χ3n) is 5.34. The van der Waals surface area contributed by atoms with E-state index < -0.39 is 13.2 Å². The van der Waals surface area contributed by atoms with E-state index in [1.54, 1.807) is 6.92 Å². The third kappa shape index (κ3) is 5.31. The van der Waals surface area contributed by atoms with Crippen LogP contribution in [0.4, 0.5) is 0 Å². The Bertz CT molecular complexity index is 686. The van der Waals surface area contributed by atoms with Crippen LogP contribution in [0.3, 0.4) is 0 Å². The fourth-order valence-corrected chi connectivity index (χ4v) is 8.12. The van der Waals surface area contributed by atoms with Crippen molar-refractivity contribution in [2.75, 3.05) is 19.8 Å². The van der Waals surface area contributed by atoms with Crippen molar-refractivity contribution < 1.29 is 22.9 Å². The number of unbranched alkanes of at least 4 members (excludes halogenated alkanes) is 3. The van der Waals surface area contributed by atoms with Gasteiger partial charge in [0.15, 0.2) is 0 Å². The maximum absolute atomic E-state index is 12.8. The van der Waals surface area contributed by atoms with Crippen molar-refractivity contribution in [1.82, 2.24) is 0 Å². The molecular formula is C24H39O5P. The first kappa shape index (κ1) is 25.0. The molecule has 0 fully saturated rings. The Morgan fingerprint density at radius 2 is 1.37 bits per heavy atom. The van der Waals surface area contributed by atoms with E-state index in [1.807, 2.05) is 37.3 Å². The molecule has 2 rings (SSSR count). The first-order valence-electron chi connectivity index (χ1n) is 11.4. The van der Waals surface area contributed by atoms with Crippen molar-refractivity contribution in [3.8, 4) is 0 Å². The molecule has 0 radical (unpaired) electrons. The average molecular weight is 439 g/mol. The quantitative estimate of drug-likeness (QED) is 0.226. The summed E-state index contributed by atoms with van der Waals surface area (Å²) in [5, 5.41) is 0. The first-order valence-corrected chi connectivity index (χ1v) is 13.3. The molecule has 1 aromatic carbocycles. The monoisotopic (exact) mass is 438 g/mol. The molecule has 1 heterocycles. The second kappa shape index (κ2) is 11.4. The van der Waals surface area contributed by atoms with E-state index in [1.165, 1.54) is 0 Å². The van der Waals surface area contributed by atoms with E-state index in [-0.39, 0.29) is 5.78 Å². The van der Waals surface area contributed by atoms with Gasteiger partial charge >= 0.3 is 182 Å². The van der Waals surface area contributed by atoms with Gasteiger partial charge in [-0.2, -0.15) is 0 Å². The van der Waals surface area contributed by atoms with E-state index in [9.17, 15) is 4.79 Å². The van der Waals surface area contributed by atoms with Gasteiger partial charge in [0.2, 0.25) is 0 Å². The van der Waals surface area contributed by atoms with Gasteiger partial charge in [-0.15, -0.1) is 0 Å². The first-order chi connectivity index (χ1) is 14.4. The Labute approximate surface area is 182 Å². The molecule has 0 saturated carbocycles. The second-order valence-electron chi connectivity index (χ2n) is 7.86. The summed E-state index contributed by atoms with van der Waals surface area (Å²) in [7, 11) is -4.16. The molecule has 30 heavy (non-hydrogen) atoms. The molecular weight excluding hydrogens is 399 g/mol. The number of carbonyl (C=O) groups excluding carboxylic acids is 1. The van der Waals surface area contributed by atoms with Crippen LogP contribution in [-0.2, 0) is 22.9 Å². The van der Waals surface area contributed by atoms with Gasteiger partial charge in [-0.1, -0.05) is 0 Å². The molecule has 1 unspecified atom stereocenters. The average Bonchev–Trinajstić information content (AvgIpc) is 2.99. The number of rotatable bonds is 14. The topological polar surface area (TPSA) is 54.0 Å². The van der Waals surface area contributed by atoms with Crippen molar-refractivity contribution in [2.24, 2.45) is 0 Å². The molecule has 1 aliphatic rings. The molecule has 1 aromatic rings. The minimum atomic E-state index is -4.16. The summed E-state index contributed by atoms with van der Waals surface area (Å²) < 4.78 is 26.3. The van der Waals surface area contributed by atoms with E-state index in [0.717, 1.165) is 44.1 Å². The van der Waals surface area contributed by atoms with E-state index in [2.05, 4.69) is 20.8 Å². The predicted octanol–water partition coefficient (Wildman–Crippen LogP) is 7.28. The number of ketones is 1. The molecule has 0 aromatic heterocycles. The van der Waals surface area contributed by atoms with Crippen LogP contribution < -0.4 is 0 Å². The summed E-state index contributed by atoms with van der Waals surface area (Å²) in [5.74, 6) is 0.517. The van der Waals surface area contributed by atoms with Crippen molar-refractivity contribution in [2.45, 2.75) is 78.8 Å². The maximum atomic E-state index is 12.8. The van der Waals surface area contributed by atoms with Gasteiger partial charge in [-0.05, 0) is 0 Å². The standard InChI is InChI=1S/C24H39O5P/c1-6-9-17-26-30(27-18-10-7-2,28-19-11-8-3)24(22-15-13-12-14-16-22)23(20(4)25)21(5)29-30/h12-16,24H,6-11,17-19H2,1-5H3. The molecule has 0 N–H and O–H groups in total. The Hall–Kier alpha value is -1.26.